The van der Waals surface area contributed by atoms with Gasteiger partial charge >= 0.3 is 0 Å². The van der Waals surface area contributed by atoms with E-state index in [9.17, 15) is 4.79 Å². The van der Waals surface area contributed by atoms with Gasteiger partial charge in [0.05, 0.1) is 28.5 Å². The smallest absolute Gasteiger partial charge is 0.266 e. The van der Waals surface area contributed by atoms with Gasteiger partial charge in [-0.1, -0.05) is 12.1 Å². The molecule has 3 aromatic heterocycles. The molecule has 3 heterocycles. The summed E-state index contributed by atoms with van der Waals surface area (Å²) in [6.45, 7) is 2.55. The summed E-state index contributed by atoms with van der Waals surface area (Å²) in [5.41, 5.74) is 3.24. The topological polar surface area (TPSA) is 61.4 Å². The zero-order valence-corrected chi connectivity index (χ0v) is 14.7. The van der Waals surface area contributed by atoms with Gasteiger partial charge in [0, 0.05) is 18.1 Å². The third kappa shape index (κ3) is 2.38. The van der Waals surface area contributed by atoms with E-state index in [0.717, 1.165) is 28.0 Å². The zero-order chi connectivity index (χ0) is 18.4. The summed E-state index contributed by atoms with van der Waals surface area (Å²) in [5, 5.41) is 0.544. The fourth-order valence-corrected chi connectivity index (χ4v) is 3.39. The van der Waals surface area contributed by atoms with E-state index < -0.39 is 0 Å². The lowest BCUT2D eigenvalue weighted by molar-refractivity contribution is 0.340. The molecule has 0 amide bonds. The molecule has 27 heavy (non-hydrogen) atoms. The van der Waals surface area contributed by atoms with Crippen LogP contribution in [0.15, 0.2) is 71.8 Å². The number of benzene rings is 2. The van der Waals surface area contributed by atoms with Gasteiger partial charge in [-0.25, -0.2) is 9.97 Å². The molecule has 0 spiro atoms. The van der Waals surface area contributed by atoms with Crippen molar-refractivity contribution in [2.45, 2.75) is 6.92 Å². The summed E-state index contributed by atoms with van der Waals surface area (Å²) < 4.78 is 9.01. The quantitative estimate of drug-likeness (QED) is 0.496. The molecular formula is C21H16N4O2. The highest BCUT2D eigenvalue weighted by Crippen LogP contribution is 2.21. The van der Waals surface area contributed by atoms with Crippen LogP contribution in [0.4, 0.5) is 0 Å². The number of para-hydroxylation sites is 2. The van der Waals surface area contributed by atoms with Crippen LogP contribution in [-0.4, -0.2) is 25.5 Å². The number of imidazole rings is 1. The molecule has 2 aromatic carbocycles. The summed E-state index contributed by atoms with van der Waals surface area (Å²) in [7, 11) is 0. The second-order valence-corrected chi connectivity index (χ2v) is 6.21. The molecule has 5 rings (SSSR count). The lowest BCUT2D eigenvalue weighted by atomic mass is 10.2. The van der Waals surface area contributed by atoms with Gasteiger partial charge in [-0.2, -0.15) is 0 Å². The van der Waals surface area contributed by atoms with E-state index in [1.54, 1.807) is 17.0 Å². The van der Waals surface area contributed by atoms with E-state index in [1.165, 1.54) is 0 Å². The molecule has 0 saturated heterocycles. The van der Waals surface area contributed by atoms with Crippen LogP contribution in [0.3, 0.4) is 0 Å². The van der Waals surface area contributed by atoms with E-state index >= 15 is 0 Å². The number of nitrogens with zero attached hydrogens (tertiary/aromatic N) is 4. The van der Waals surface area contributed by atoms with Crippen molar-refractivity contribution in [3.63, 3.8) is 0 Å². The second kappa shape index (κ2) is 5.95. The molecule has 0 unspecified atom stereocenters. The van der Waals surface area contributed by atoms with Crippen LogP contribution in [0.2, 0.25) is 0 Å². The van der Waals surface area contributed by atoms with E-state index in [1.807, 2.05) is 65.9 Å². The van der Waals surface area contributed by atoms with Crippen LogP contribution in [0.25, 0.3) is 33.4 Å². The molecule has 0 atom stereocenters. The Morgan fingerprint density at radius 1 is 1.00 bits per heavy atom. The van der Waals surface area contributed by atoms with Crippen molar-refractivity contribution < 1.29 is 4.74 Å². The minimum Gasteiger partial charge on any atom is -0.494 e. The summed E-state index contributed by atoms with van der Waals surface area (Å²) in [4.78, 5) is 22.0. The second-order valence-electron chi connectivity index (χ2n) is 6.21. The number of ether oxygens (including phenoxy) is 1. The Labute approximate surface area is 154 Å². The highest BCUT2D eigenvalue weighted by atomic mass is 16.5. The number of pyridine rings is 1. The van der Waals surface area contributed by atoms with Gasteiger partial charge in [-0.15, -0.1) is 0 Å². The van der Waals surface area contributed by atoms with Crippen molar-refractivity contribution in [2.24, 2.45) is 0 Å². The summed E-state index contributed by atoms with van der Waals surface area (Å²) in [5.74, 6) is 1.37. The molecule has 6 nitrogen and oxygen atoms in total. The third-order valence-electron chi connectivity index (χ3n) is 4.63. The number of hydrogen-bond donors (Lipinski definition) is 0. The Hall–Kier alpha value is -3.67. The SMILES string of the molecule is CCOc1ccc(-n2ccc3c(cnc4nc5ccccc5n43)c2=O)cc1. The molecule has 0 N–H and O–H groups in total. The highest BCUT2D eigenvalue weighted by molar-refractivity contribution is 5.88. The van der Waals surface area contributed by atoms with Crippen LogP contribution in [0.5, 0.6) is 5.75 Å². The highest BCUT2D eigenvalue weighted by Gasteiger charge is 2.12. The first kappa shape index (κ1) is 15.6. The normalized spacial score (nSPS) is 11.4. The monoisotopic (exact) mass is 356 g/mol. The number of rotatable bonds is 3. The number of aromatic nitrogens is 4. The third-order valence-corrected chi connectivity index (χ3v) is 4.63. The number of fused-ring (bicyclic) bond motifs is 5. The minimum atomic E-state index is -0.121. The lowest BCUT2D eigenvalue weighted by Crippen LogP contribution is -2.18. The maximum atomic E-state index is 13.1. The Kier molecular flexibility index (Phi) is 3.43. The van der Waals surface area contributed by atoms with Gasteiger partial charge in [-0.05, 0) is 49.4 Å². The van der Waals surface area contributed by atoms with Gasteiger partial charge in [-0.3, -0.25) is 13.8 Å². The molecule has 0 aliphatic rings. The molecule has 0 radical (unpaired) electrons. The predicted octanol–water partition coefficient (Wildman–Crippen LogP) is 3.59. The van der Waals surface area contributed by atoms with Crippen molar-refractivity contribution in [3.8, 4) is 11.4 Å². The van der Waals surface area contributed by atoms with Crippen LogP contribution < -0.4 is 10.3 Å². The van der Waals surface area contributed by atoms with Crippen LogP contribution in [0.1, 0.15) is 6.92 Å². The van der Waals surface area contributed by atoms with E-state index in [4.69, 9.17) is 4.74 Å². The zero-order valence-electron chi connectivity index (χ0n) is 14.7. The van der Waals surface area contributed by atoms with Crippen LogP contribution >= 0.6 is 0 Å². The van der Waals surface area contributed by atoms with Gasteiger partial charge in [0.25, 0.3) is 5.56 Å². The summed E-state index contributed by atoms with van der Waals surface area (Å²) in [6, 6.07) is 17.2. The van der Waals surface area contributed by atoms with Gasteiger partial charge < -0.3 is 4.74 Å². The van der Waals surface area contributed by atoms with Crippen molar-refractivity contribution in [1.82, 2.24) is 18.9 Å². The fraction of sp³-hybridized carbons (Fsp3) is 0.0952. The Morgan fingerprint density at radius 2 is 1.81 bits per heavy atom. The summed E-state index contributed by atoms with van der Waals surface area (Å²) in [6.07, 6.45) is 3.39. The maximum Gasteiger partial charge on any atom is 0.266 e. The molecule has 5 aromatic rings. The first-order valence-electron chi connectivity index (χ1n) is 8.77. The molecule has 0 bridgehead atoms. The van der Waals surface area contributed by atoms with E-state index in [2.05, 4.69) is 9.97 Å². The lowest BCUT2D eigenvalue weighted by Gasteiger charge is -2.09. The largest absolute Gasteiger partial charge is 0.494 e. The summed E-state index contributed by atoms with van der Waals surface area (Å²) >= 11 is 0. The predicted molar refractivity (Wildman–Crippen MR) is 105 cm³/mol. The van der Waals surface area contributed by atoms with E-state index in [-0.39, 0.29) is 5.56 Å². The average molecular weight is 356 g/mol. The maximum absolute atomic E-state index is 13.1. The van der Waals surface area contributed by atoms with Crippen LogP contribution in [0, 0.1) is 0 Å². The Balaban J connectivity index is 1.75. The van der Waals surface area contributed by atoms with Gasteiger partial charge in [0.2, 0.25) is 5.78 Å². The molecule has 0 aliphatic heterocycles. The molecule has 0 aliphatic carbocycles. The van der Waals surface area contributed by atoms with Crippen molar-refractivity contribution in [1.29, 1.82) is 0 Å². The molecule has 6 heteroatoms. The van der Waals surface area contributed by atoms with Crippen molar-refractivity contribution in [2.75, 3.05) is 6.61 Å². The Bertz CT molecular complexity index is 1350. The van der Waals surface area contributed by atoms with Crippen LogP contribution in [-0.2, 0) is 0 Å². The van der Waals surface area contributed by atoms with Gasteiger partial charge in [0.15, 0.2) is 0 Å². The van der Waals surface area contributed by atoms with Gasteiger partial charge in [0.1, 0.15) is 5.75 Å². The minimum absolute atomic E-state index is 0.121. The molecule has 0 saturated carbocycles. The van der Waals surface area contributed by atoms with Crippen molar-refractivity contribution >= 4 is 27.7 Å². The Morgan fingerprint density at radius 3 is 2.63 bits per heavy atom. The first-order valence-corrected chi connectivity index (χ1v) is 8.77. The number of hydrogen-bond acceptors (Lipinski definition) is 4. The standard InChI is InChI=1S/C21H16N4O2/c1-2-27-15-9-7-14(8-10-15)24-12-11-18-16(20(24)26)13-22-21-23-17-5-3-4-6-19(17)25(18)21/h3-13H,2H2,1H3. The van der Waals surface area contributed by atoms with E-state index in [0.29, 0.717) is 17.8 Å². The first-order chi connectivity index (χ1) is 13.3. The fourth-order valence-electron chi connectivity index (χ4n) is 3.39. The average Bonchev–Trinajstić information content (AvgIpc) is 3.08. The molecule has 132 valence electrons. The van der Waals surface area contributed by atoms with Crippen molar-refractivity contribution in [3.05, 3.63) is 77.3 Å². The molecule has 0 fully saturated rings. The molecular weight excluding hydrogens is 340 g/mol.